The van der Waals surface area contributed by atoms with Gasteiger partial charge in [-0.1, -0.05) is 0 Å². The number of hydrogen-bond donors (Lipinski definition) is 4. The number of rotatable bonds is 6. The topological polar surface area (TPSA) is 134 Å². The van der Waals surface area contributed by atoms with Gasteiger partial charge in [-0.2, -0.15) is 0 Å². The second kappa shape index (κ2) is 13.5. The van der Waals surface area contributed by atoms with Gasteiger partial charge < -0.3 is 22.1 Å². The molecule has 140 valence electrons. The first-order valence-electron chi connectivity index (χ1n) is 7.90. The predicted octanol–water partition coefficient (Wildman–Crippen LogP) is -5.13. The van der Waals surface area contributed by atoms with Gasteiger partial charge in [0, 0.05) is 52.4 Å². The van der Waals surface area contributed by atoms with Crippen LogP contribution in [0.1, 0.15) is 1.43 Å². The normalized spacial score (nSPS) is 19.2. The van der Waals surface area contributed by atoms with Gasteiger partial charge >= 0.3 is 47.5 Å². The maximum atomic E-state index is 11.0. The maximum Gasteiger partial charge on any atom is 1.00 e. The van der Waals surface area contributed by atoms with Gasteiger partial charge in [-0.05, 0) is 0 Å². The summed E-state index contributed by atoms with van der Waals surface area (Å²) in [4.78, 5) is 38.1. The van der Waals surface area contributed by atoms with Crippen LogP contribution in [0.3, 0.4) is 0 Å². The number of carboxylic acids is 3. The Bertz CT molecular complexity index is 416. The molecule has 1 fully saturated rings. The van der Waals surface area contributed by atoms with Crippen LogP contribution < -0.4 is 34.9 Å². The predicted molar refractivity (Wildman–Crippen MR) is 86.2 cm³/mol. The molecule has 0 radical (unpaired) electrons. The average Bonchev–Trinajstić information content (AvgIpc) is 2.45. The van der Waals surface area contributed by atoms with E-state index in [-0.39, 0.29) is 50.6 Å². The van der Waals surface area contributed by atoms with E-state index in [9.17, 15) is 14.4 Å². The Morgan fingerprint density at radius 3 is 1.24 bits per heavy atom. The van der Waals surface area contributed by atoms with Crippen molar-refractivity contribution in [2.75, 3.05) is 72.0 Å². The summed E-state index contributed by atoms with van der Waals surface area (Å²) in [5, 5.41) is 30.1. The molecule has 1 saturated heterocycles. The quantitative estimate of drug-likeness (QED) is 0.336. The number of carboxylic acid groups (broad SMARTS) is 3. The van der Waals surface area contributed by atoms with Crippen molar-refractivity contribution >= 4 is 17.9 Å². The number of nitrogens with one attached hydrogen (secondary N) is 1. The van der Waals surface area contributed by atoms with Crippen molar-refractivity contribution in [1.82, 2.24) is 20.0 Å². The van der Waals surface area contributed by atoms with Crippen LogP contribution in [0, 0.1) is 0 Å². The third kappa shape index (κ3) is 12.3. The van der Waals surface area contributed by atoms with E-state index >= 15 is 0 Å². The van der Waals surface area contributed by atoms with Crippen molar-refractivity contribution in [3.05, 3.63) is 0 Å². The van der Waals surface area contributed by atoms with Crippen molar-refractivity contribution in [3.63, 3.8) is 0 Å². The molecule has 1 aliphatic rings. The van der Waals surface area contributed by atoms with E-state index in [4.69, 9.17) is 15.3 Å². The molecule has 25 heavy (non-hydrogen) atoms. The Kier molecular flexibility index (Phi) is 13.0. The van der Waals surface area contributed by atoms with Crippen LogP contribution in [0.15, 0.2) is 0 Å². The van der Waals surface area contributed by atoms with Gasteiger partial charge in [0.1, 0.15) is 0 Å². The second-order valence-corrected chi connectivity index (χ2v) is 5.76. The molecule has 0 aromatic carbocycles. The summed E-state index contributed by atoms with van der Waals surface area (Å²) in [6.45, 7) is 3.64. The number of aliphatic carboxylic acids is 3. The van der Waals surface area contributed by atoms with Crippen molar-refractivity contribution in [2.24, 2.45) is 0 Å². The molecule has 0 spiro atoms. The van der Waals surface area contributed by atoms with Crippen LogP contribution in [0.5, 0.6) is 0 Å². The zero-order valence-corrected chi connectivity index (χ0v) is 16.7. The Hall–Kier alpha value is -0.750. The molecule has 0 atom stereocenters. The molecule has 0 saturated carbocycles. The van der Waals surface area contributed by atoms with Gasteiger partial charge in [0.2, 0.25) is 0 Å². The Balaban J connectivity index is 0. The van der Waals surface area contributed by atoms with E-state index < -0.39 is 17.9 Å². The van der Waals surface area contributed by atoms with Crippen LogP contribution >= 0.6 is 0 Å². The fourth-order valence-electron chi connectivity index (χ4n) is 2.55. The van der Waals surface area contributed by atoms with Crippen molar-refractivity contribution in [1.29, 1.82) is 0 Å². The van der Waals surface area contributed by atoms with Crippen LogP contribution in [0.4, 0.5) is 0 Å². The van der Waals surface area contributed by atoms with E-state index in [0.717, 1.165) is 0 Å². The van der Waals surface area contributed by atoms with Gasteiger partial charge in [-0.25, -0.2) is 0 Å². The largest absolute Gasteiger partial charge is 1.00 e. The van der Waals surface area contributed by atoms with Gasteiger partial charge in [0.05, 0.1) is 19.6 Å². The minimum absolute atomic E-state index is 0. The van der Waals surface area contributed by atoms with Crippen LogP contribution in [-0.2, 0) is 14.4 Å². The molecule has 10 nitrogen and oxygen atoms in total. The number of hydrogen-bond acceptors (Lipinski definition) is 7. The zero-order chi connectivity index (χ0) is 17.9. The first-order chi connectivity index (χ1) is 11.4. The van der Waals surface area contributed by atoms with E-state index in [1.165, 1.54) is 0 Å². The first kappa shape index (κ1) is 24.2. The molecule has 4 N–H and O–H groups in total. The molecule has 0 unspecified atom stereocenters. The van der Waals surface area contributed by atoms with E-state index in [2.05, 4.69) is 5.32 Å². The molecule has 11 heteroatoms. The second-order valence-electron chi connectivity index (χ2n) is 5.76. The summed E-state index contributed by atoms with van der Waals surface area (Å²) >= 11 is 0. The van der Waals surface area contributed by atoms with Crippen LogP contribution in [0.25, 0.3) is 0 Å². The van der Waals surface area contributed by atoms with Gasteiger partial charge in [-0.3, -0.25) is 29.1 Å². The Morgan fingerprint density at radius 1 is 0.680 bits per heavy atom. The molecule has 1 rings (SSSR count). The standard InChI is InChI=1S/C14H26N4O6.Na.H/c19-12(20)9-16-3-1-15-2-4-17(10-13(21)22)6-8-18(7-5-16)11-14(23)24;;/h15H,1-11H2,(H,19,20)(H,21,22)(H,23,24);;/q;+1;-1. The van der Waals surface area contributed by atoms with Gasteiger partial charge in [-0.15, -0.1) is 0 Å². The first-order valence-corrected chi connectivity index (χ1v) is 7.90. The van der Waals surface area contributed by atoms with Crippen molar-refractivity contribution < 1.29 is 60.7 Å². The third-order valence-electron chi connectivity index (χ3n) is 3.75. The smallest absolute Gasteiger partial charge is 1.00 e. The van der Waals surface area contributed by atoms with Crippen LogP contribution in [-0.4, -0.2) is 120 Å². The Labute approximate surface area is 170 Å². The molecular weight excluding hydrogens is 343 g/mol. The van der Waals surface area contributed by atoms with E-state index in [0.29, 0.717) is 52.4 Å². The average molecular weight is 370 g/mol. The zero-order valence-electron chi connectivity index (χ0n) is 15.7. The fraction of sp³-hybridized carbons (Fsp3) is 0.786. The van der Waals surface area contributed by atoms with Crippen LogP contribution in [0.2, 0.25) is 0 Å². The van der Waals surface area contributed by atoms with Gasteiger partial charge in [0.25, 0.3) is 0 Å². The van der Waals surface area contributed by atoms with E-state index in [1.807, 2.05) is 0 Å². The fourth-order valence-corrected chi connectivity index (χ4v) is 2.55. The monoisotopic (exact) mass is 370 g/mol. The van der Waals surface area contributed by atoms with E-state index in [1.54, 1.807) is 14.7 Å². The summed E-state index contributed by atoms with van der Waals surface area (Å²) in [5.74, 6) is -2.79. The summed E-state index contributed by atoms with van der Waals surface area (Å²) in [6, 6.07) is 0. The maximum absolute atomic E-state index is 11.0. The molecule has 0 bridgehead atoms. The van der Waals surface area contributed by atoms with Crippen molar-refractivity contribution in [2.45, 2.75) is 0 Å². The summed E-state index contributed by atoms with van der Waals surface area (Å²) in [7, 11) is 0. The molecule has 0 aliphatic carbocycles. The van der Waals surface area contributed by atoms with Gasteiger partial charge in [0.15, 0.2) is 0 Å². The summed E-state index contributed by atoms with van der Waals surface area (Å²) in [5.41, 5.74) is 0. The summed E-state index contributed by atoms with van der Waals surface area (Å²) < 4.78 is 0. The molecular formula is C14H27N4NaO6. The summed E-state index contributed by atoms with van der Waals surface area (Å²) in [6.07, 6.45) is 0. The third-order valence-corrected chi connectivity index (χ3v) is 3.75. The molecule has 0 aromatic rings. The molecule has 0 amide bonds. The minimum Gasteiger partial charge on any atom is -1.00 e. The Morgan fingerprint density at radius 2 is 0.960 bits per heavy atom. The molecule has 1 heterocycles. The molecule has 1 aliphatic heterocycles. The molecule has 0 aromatic heterocycles. The minimum atomic E-state index is -0.960. The number of carbonyl (C=O) groups is 3. The SMILES string of the molecule is O=C(O)CN1CCNCCN(CC(=O)O)CCN(CC(=O)O)CC1.[H-].[Na+]. The van der Waals surface area contributed by atoms with Crippen molar-refractivity contribution in [3.8, 4) is 0 Å². The number of nitrogens with zero attached hydrogens (tertiary/aromatic N) is 3.